The summed E-state index contributed by atoms with van der Waals surface area (Å²) < 4.78 is 18.0. The first-order valence-corrected chi connectivity index (χ1v) is 6.38. The molecule has 0 aliphatic carbocycles. The topological polar surface area (TPSA) is 87.7 Å². The first kappa shape index (κ1) is 16.7. The summed E-state index contributed by atoms with van der Waals surface area (Å²) in [5.74, 6) is -1.20. The summed E-state index contributed by atoms with van der Waals surface area (Å²) in [5.41, 5.74) is -0.360. The third kappa shape index (κ3) is 5.68. The normalized spacial score (nSPS) is 10.9. The Kier molecular flexibility index (Phi) is 5.52. The molecule has 2 amide bonds. The SMILES string of the molecule is COc1cc(F)ccc1NC(=O)NC(C)(C)CCC(=O)O. The summed E-state index contributed by atoms with van der Waals surface area (Å²) >= 11 is 0. The molecule has 0 aliphatic rings. The van der Waals surface area contributed by atoms with Gasteiger partial charge in [0.15, 0.2) is 0 Å². The Labute approximate surface area is 122 Å². The number of carboxylic acids is 1. The molecule has 116 valence electrons. The number of hydrogen-bond acceptors (Lipinski definition) is 3. The fourth-order valence-electron chi connectivity index (χ4n) is 1.71. The smallest absolute Gasteiger partial charge is 0.319 e. The van der Waals surface area contributed by atoms with Crippen LogP contribution in [-0.4, -0.2) is 29.8 Å². The molecule has 0 aliphatic heterocycles. The third-order valence-corrected chi connectivity index (χ3v) is 2.83. The number of carbonyl (C=O) groups excluding carboxylic acids is 1. The van der Waals surface area contributed by atoms with Crippen LogP contribution in [0, 0.1) is 5.82 Å². The number of aliphatic carboxylic acids is 1. The van der Waals surface area contributed by atoms with Crippen molar-refractivity contribution in [2.24, 2.45) is 0 Å². The molecule has 0 fully saturated rings. The average molecular weight is 298 g/mol. The molecule has 0 bridgehead atoms. The minimum Gasteiger partial charge on any atom is -0.494 e. The number of ether oxygens (including phenoxy) is 1. The lowest BCUT2D eigenvalue weighted by Crippen LogP contribution is -2.45. The lowest BCUT2D eigenvalue weighted by molar-refractivity contribution is -0.137. The minimum absolute atomic E-state index is 0.0485. The number of nitrogens with one attached hydrogen (secondary N) is 2. The van der Waals surface area contributed by atoms with Crippen LogP contribution >= 0.6 is 0 Å². The second kappa shape index (κ2) is 6.92. The van der Waals surface area contributed by atoms with E-state index in [1.54, 1.807) is 13.8 Å². The van der Waals surface area contributed by atoms with E-state index in [9.17, 15) is 14.0 Å². The fourth-order valence-corrected chi connectivity index (χ4v) is 1.71. The minimum atomic E-state index is -0.925. The summed E-state index contributed by atoms with van der Waals surface area (Å²) in [6, 6.07) is 3.23. The second-order valence-electron chi connectivity index (χ2n) is 5.20. The van der Waals surface area contributed by atoms with Crippen molar-refractivity contribution in [1.29, 1.82) is 0 Å². The number of amides is 2. The van der Waals surface area contributed by atoms with Gasteiger partial charge < -0.3 is 20.5 Å². The van der Waals surface area contributed by atoms with Crippen molar-refractivity contribution in [2.75, 3.05) is 12.4 Å². The number of anilines is 1. The van der Waals surface area contributed by atoms with Gasteiger partial charge in [0.1, 0.15) is 11.6 Å². The van der Waals surface area contributed by atoms with Gasteiger partial charge in [-0.3, -0.25) is 4.79 Å². The van der Waals surface area contributed by atoms with E-state index in [-0.39, 0.29) is 18.6 Å². The number of carboxylic acid groups (broad SMARTS) is 1. The number of hydrogen-bond donors (Lipinski definition) is 3. The lowest BCUT2D eigenvalue weighted by atomic mass is 9.99. The van der Waals surface area contributed by atoms with Crippen molar-refractivity contribution in [1.82, 2.24) is 5.32 Å². The maximum absolute atomic E-state index is 13.1. The average Bonchev–Trinajstić information content (AvgIpc) is 2.38. The van der Waals surface area contributed by atoms with E-state index in [4.69, 9.17) is 9.84 Å². The van der Waals surface area contributed by atoms with Crippen LogP contribution in [0.2, 0.25) is 0 Å². The van der Waals surface area contributed by atoms with E-state index >= 15 is 0 Å². The van der Waals surface area contributed by atoms with Crippen molar-refractivity contribution in [3.63, 3.8) is 0 Å². The van der Waals surface area contributed by atoms with E-state index in [0.29, 0.717) is 5.69 Å². The van der Waals surface area contributed by atoms with E-state index in [0.717, 1.165) is 6.07 Å². The molecular formula is C14H19FN2O4. The van der Waals surface area contributed by atoms with E-state index in [2.05, 4.69) is 10.6 Å². The number of methoxy groups -OCH3 is 1. The van der Waals surface area contributed by atoms with Gasteiger partial charge in [-0.1, -0.05) is 0 Å². The highest BCUT2D eigenvalue weighted by atomic mass is 19.1. The zero-order valence-electron chi connectivity index (χ0n) is 12.2. The Morgan fingerprint density at radius 1 is 1.38 bits per heavy atom. The third-order valence-electron chi connectivity index (χ3n) is 2.83. The largest absolute Gasteiger partial charge is 0.494 e. The van der Waals surface area contributed by atoms with Gasteiger partial charge in [0.2, 0.25) is 0 Å². The van der Waals surface area contributed by atoms with Crippen LogP contribution in [0.4, 0.5) is 14.9 Å². The van der Waals surface area contributed by atoms with Crippen LogP contribution < -0.4 is 15.4 Å². The molecule has 0 radical (unpaired) electrons. The van der Waals surface area contributed by atoms with Gasteiger partial charge >= 0.3 is 12.0 Å². The van der Waals surface area contributed by atoms with Gasteiger partial charge in [-0.05, 0) is 32.4 Å². The predicted octanol–water partition coefficient (Wildman–Crippen LogP) is 2.60. The molecule has 0 aromatic heterocycles. The standard InChI is InChI=1S/C14H19FN2O4/c1-14(2,7-6-12(18)19)17-13(20)16-10-5-4-9(15)8-11(10)21-3/h4-5,8H,6-7H2,1-3H3,(H,18,19)(H2,16,17,20). The number of rotatable bonds is 6. The monoisotopic (exact) mass is 298 g/mol. The van der Waals surface area contributed by atoms with Gasteiger partial charge in [0, 0.05) is 18.0 Å². The molecule has 1 aromatic carbocycles. The lowest BCUT2D eigenvalue weighted by Gasteiger charge is -2.26. The molecule has 0 atom stereocenters. The van der Waals surface area contributed by atoms with Gasteiger partial charge in [-0.2, -0.15) is 0 Å². The summed E-state index contributed by atoms with van der Waals surface area (Å²) in [6.45, 7) is 3.44. The molecule has 21 heavy (non-hydrogen) atoms. The van der Waals surface area contributed by atoms with Crippen LogP contribution in [0.15, 0.2) is 18.2 Å². The van der Waals surface area contributed by atoms with E-state index in [1.165, 1.54) is 19.2 Å². The van der Waals surface area contributed by atoms with E-state index in [1.807, 2.05) is 0 Å². The maximum atomic E-state index is 13.1. The number of urea groups is 1. The highest BCUT2D eigenvalue weighted by Crippen LogP contribution is 2.25. The van der Waals surface area contributed by atoms with Crippen molar-refractivity contribution >= 4 is 17.7 Å². The molecule has 0 saturated heterocycles. The Morgan fingerprint density at radius 3 is 2.62 bits per heavy atom. The molecule has 3 N–H and O–H groups in total. The highest BCUT2D eigenvalue weighted by Gasteiger charge is 2.22. The maximum Gasteiger partial charge on any atom is 0.319 e. The summed E-state index contributed by atoms with van der Waals surface area (Å²) in [5, 5.41) is 13.9. The molecule has 0 spiro atoms. The summed E-state index contributed by atoms with van der Waals surface area (Å²) in [7, 11) is 1.37. The van der Waals surface area contributed by atoms with Crippen molar-refractivity contribution in [2.45, 2.75) is 32.2 Å². The van der Waals surface area contributed by atoms with Crippen LogP contribution in [0.3, 0.4) is 0 Å². The Bertz CT molecular complexity index is 532. The van der Waals surface area contributed by atoms with Crippen molar-refractivity contribution < 1.29 is 23.8 Å². The fraction of sp³-hybridized carbons (Fsp3) is 0.429. The Balaban J connectivity index is 2.67. The highest BCUT2D eigenvalue weighted by molar-refractivity contribution is 5.91. The first-order chi connectivity index (χ1) is 9.73. The van der Waals surface area contributed by atoms with Gasteiger partial charge in [0.05, 0.1) is 12.8 Å². The Hall–Kier alpha value is -2.31. The van der Waals surface area contributed by atoms with Crippen LogP contribution in [0.25, 0.3) is 0 Å². The molecule has 7 heteroatoms. The molecule has 1 rings (SSSR count). The molecule has 0 unspecified atom stereocenters. The first-order valence-electron chi connectivity index (χ1n) is 6.38. The van der Waals surface area contributed by atoms with Gasteiger partial charge in [-0.25, -0.2) is 9.18 Å². The summed E-state index contributed by atoms with van der Waals surface area (Å²) in [4.78, 5) is 22.5. The molecule has 6 nitrogen and oxygen atoms in total. The summed E-state index contributed by atoms with van der Waals surface area (Å²) in [6.07, 6.45) is 0.240. The van der Waals surface area contributed by atoms with Gasteiger partial charge in [-0.15, -0.1) is 0 Å². The van der Waals surface area contributed by atoms with Crippen LogP contribution in [0.1, 0.15) is 26.7 Å². The second-order valence-corrected chi connectivity index (χ2v) is 5.20. The Morgan fingerprint density at radius 2 is 2.05 bits per heavy atom. The van der Waals surface area contributed by atoms with Crippen molar-refractivity contribution in [3.8, 4) is 5.75 Å². The molecule has 1 aromatic rings. The quantitative estimate of drug-likeness (QED) is 0.753. The van der Waals surface area contributed by atoms with Crippen molar-refractivity contribution in [3.05, 3.63) is 24.0 Å². The van der Waals surface area contributed by atoms with Crippen LogP contribution in [0.5, 0.6) is 5.75 Å². The molecule has 0 heterocycles. The predicted molar refractivity (Wildman–Crippen MR) is 76.1 cm³/mol. The zero-order valence-corrected chi connectivity index (χ0v) is 12.2. The van der Waals surface area contributed by atoms with E-state index < -0.39 is 23.4 Å². The van der Waals surface area contributed by atoms with Gasteiger partial charge in [0.25, 0.3) is 0 Å². The zero-order chi connectivity index (χ0) is 16.0. The number of halogens is 1. The molecular weight excluding hydrogens is 279 g/mol. The van der Waals surface area contributed by atoms with Crippen LogP contribution in [-0.2, 0) is 4.79 Å². The number of carbonyl (C=O) groups is 2. The number of benzene rings is 1. The molecule has 0 saturated carbocycles.